The van der Waals surface area contributed by atoms with Gasteiger partial charge < -0.3 is 19.5 Å². The van der Waals surface area contributed by atoms with Crippen LogP contribution < -0.4 is 4.74 Å². The standard InChI is InChI=1S/C26H35N3O4/c1-15(2)7-19-11-21(12-27-23(19)8-16(3)4)26-28-25(29-33-26)20-9-17(5)24(18(6)10-20)32-14-22(31)13-30/h9-12,15-16,22,30-31H,7-8,13-14H2,1-6H3/t22-/m1/s1. The maximum Gasteiger partial charge on any atom is 0.259 e. The van der Waals surface area contributed by atoms with Crippen LogP contribution in [0.5, 0.6) is 5.75 Å². The van der Waals surface area contributed by atoms with Crippen molar-refractivity contribution >= 4 is 0 Å². The summed E-state index contributed by atoms with van der Waals surface area (Å²) in [7, 11) is 0. The van der Waals surface area contributed by atoms with Gasteiger partial charge in [0.25, 0.3) is 5.89 Å². The van der Waals surface area contributed by atoms with Crippen LogP contribution in [0.1, 0.15) is 50.1 Å². The minimum absolute atomic E-state index is 0.0302. The molecular formula is C26H35N3O4. The highest BCUT2D eigenvalue weighted by Crippen LogP contribution is 2.31. The highest BCUT2D eigenvalue weighted by molar-refractivity contribution is 5.63. The molecule has 0 aliphatic heterocycles. The summed E-state index contributed by atoms with van der Waals surface area (Å²) in [5.74, 6) is 2.68. The molecule has 0 saturated carbocycles. The topological polar surface area (TPSA) is 102 Å². The van der Waals surface area contributed by atoms with Gasteiger partial charge in [0.2, 0.25) is 5.82 Å². The van der Waals surface area contributed by atoms with Gasteiger partial charge in [0.05, 0.1) is 12.2 Å². The van der Waals surface area contributed by atoms with Crippen molar-refractivity contribution in [1.82, 2.24) is 15.1 Å². The van der Waals surface area contributed by atoms with Gasteiger partial charge in [-0.3, -0.25) is 4.98 Å². The number of aromatic nitrogens is 3. The minimum Gasteiger partial charge on any atom is -0.490 e. The minimum atomic E-state index is -0.913. The zero-order valence-electron chi connectivity index (χ0n) is 20.4. The van der Waals surface area contributed by atoms with E-state index in [4.69, 9.17) is 19.4 Å². The third-order valence-corrected chi connectivity index (χ3v) is 5.31. The maximum absolute atomic E-state index is 9.56. The summed E-state index contributed by atoms with van der Waals surface area (Å²) in [5, 5.41) is 22.7. The molecule has 1 aromatic carbocycles. The van der Waals surface area contributed by atoms with Crippen molar-refractivity contribution in [2.24, 2.45) is 11.8 Å². The first-order valence-corrected chi connectivity index (χ1v) is 11.5. The van der Waals surface area contributed by atoms with Crippen molar-refractivity contribution in [2.75, 3.05) is 13.2 Å². The van der Waals surface area contributed by atoms with Crippen LogP contribution >= 0.6 is 0 Å². The molecule has 0 fully saturated rings. The van der Waals surface area contributed by atoms with Crippen LogP contribution in [-0.2, 0) is 12.8 Å². The van der Waals surface area contributed by atoms with Crippen molar-refractivity contribution in [3.8, 4) is 28.6 Å². The molecule has 0 unspecified atom stereocenters. The molecule has 3 aromatic rings. The fourth-order valence-corrected chi connectivity index (χ4v) is 3.84. The van der Waals surface area contributed by atoms with Crippen molar-refractivity contribution in [3.63, 3.8) is 0 Å². The summed E-state index contributed by atoms with van der Waals surface area (Å²) in [6.07, 6.45) is 2.80. The van der Waals surface area contributed by atoms with Gasteiger partial charge >= 0.3 is 0 Å². The van der Waals surface area contributed by atoms with Crippen molar-refractivity contribution < 1.29 is 19.5 Å². The number of aliphatic hydroxyl groups excluding tert-OH is 2. The number of ether oxygens (including phenoxy) is 1. The van der Waals surface area contributed by atoms with Gasteiger partial charge in [-0.15, -0.1) is 0 Å². The predicted octanol–water partition coefficient (Wildman–Crippen LogP) is 4.54. The molecule has 0 radical (unpaired) electrons. The number of nitrogens with zero attached hydrogens (tertiary/aromatic N) is 3. The summed E-state index contributed by atoms with van der Waals surface area (Å²) in [6, 6.07) is 5.98. The lowest BCUT2D eigenvalue weighted by atomic mass is 9.96. The molecule has 1 atom stereocenters. The second-order valence-corrected chi connectivity index (χ2v) is 9.54. The Morgan fingerprint density at radius 1 is 0.970 bits per heavy atom. The Hall–Kier alpha value is -2.77. The average molecular weight is 454 g/mol. The zero-order valence-corrected chi connectivity index (χ0v) is 20.4. The molecule has 3 rings (SSSR count). The van der Waals surface area contributed by atoms with Crippen LogP contribution in [-0.4, -0.2) is 44.7 Å². The quantitative estimate of drug-likeness (QED) is 0.464. The Morgan fingerprint density at radius 3 is 2.24 bits per heavy atom. The van der Waals surface area contributed by atoms with Gasteiger partial charge in [0.1, 0.15) is 18.5 Å². The van der Waals surface area contributed by atoms with E-state index in [9.17, 15) is 5.11 Å². The van der Waals surface area contributed by atoms with E-state index in [1.807, 2.05) is 32.2 Å². The number of hydrogen-bond donors (Lipinski definition) is 2. The van der Waals surface area contributed by atoms with E-state index in [-0.39, 0.29) is 13.2 Å². The number of benzene rings is 1. The molecule has 0 aliphatic rings. The predicted molar refractivity (Wildman–Crippen MR) is 128 cm³/mol. The van der Waals surface area contributed by atoms with Gasteiger partial charge in [0.15, 0.2) is 0 Å². The fourth-order valence-electron chi connectivity index (χ4n) is 3.84. The Kier molecular flexibility index (Phi) is 8.21. The van der Waals surface area contributed by atoms with E-state index in [0.29, 0.717) is 29.3 Å². The highest BCUT2D eigenvalue weighted by atomic mass is 16.5. The Morgan fingerprint density at radius 2 is 1.64 bits per heavy atom. The number of hydrogen-bond acceptors (Lipinski definition) is 7. The molecular weight excluding hydrogens is 418 g/mol. The first kappa shape index (κ1) is 24.9. The molecule has 2 N–H and O–H groups in total. The third-order valence-electron chi connectivity index (χ3n) is 5.31. The van der Waals surface area contributed by atoms with Crippen LogP contribution in [0.4, 0.5) is 0 Å². The van der Waals surface area contributed by atoms with Crippen molar-refractivity contribution in [1.29, 1.82) is 0 Å². The summed E-state index contributed by atoms with van der Waals surface area (Å²) in [5.41, 5.74) is 5.79. The van der Waals surface area contributed by atoms with Crippen LogP contribution in [0.3, 0.4) is 0 Å². The van der Waals surface area contributed by atoms with Crippen LogP contribution in [0.2, 0.25) is 0 Å². The van der Waals surface area contributed by atoms with Crippen molar-refractivity contribution in [3.05, 3.63) is 46.8 Å². The molecule has 2 aromatic heterocycles. The second-order valence-electron chi connectivity index (χ2n) is 9.54. The van der Waals surface area contributed by atoms with E-state index in [1.165, 1.54) is 5.56 Å². The molecule has 2 heterocycles. The SMILES string of the molecule is Cc1cc(-c2noc(-c3cnc(CC(C)C)c(CC(C)C)c3)n2)cc(C)c1OC[C@H](O)CO. The normalized spacial score (nSPS) is 12.5. The lowest BCUT2D eigenvalue weighted by Gasteiger charge is -2.15. The number of rotatable bonds is 10. The maximum atomic E-state index is 9.56. The molecule has 0 bridgehead atoms. The smallest absolute Gasteiger partial charge is 0.259 e. The largest absolute Gasteiger partial charge is 0.490 e. The van der Waals surface area contributed by atoms with E-state index in [1.54, 1.807) is 0 Å². The monoisotopic (exact) mass is 453 g/mol. The van der Waals surface area contributed by atoms with Gasteiger partial charge in [0, 0.05) is 17.5 Å². The summed E-state index contributed by atoms with van der Waals surface area (Å²) < 4.78 is 11.3. The average Bonchev–Trinajstić information content (AvgIpc) is 3.23. The molecule has 0 spiro atoms. The zero-order chi connectivity index (χ0) is 24.1. The van der Waals surface area contributed by atoms with E-state index < -0.39 is 6.10 Å². The Balaban J connectivity index is 1.87. The second kappa shape index (κ2) is 10.9. The first-order chi connectivity index (χ1) is 15.7. The summed E-state index contributed by atoms with van der Waals surface area (Å²) >= 11 is 0. The number of pyridine rings is 1. The fraction of sp³-hybridized carbons (Fsp3) is 0.500. The molecule has 33 heavy (non-hydrogen) atoms. The van der Waals surface area contributed by atoms with Crippen LogP contribution in [0.25, 0.3) is 22.8 Å². The van der Waals surface area contributed by atoms with E-state index in [2.05, 4.69) is 43.9 Å². The van der Waals surface area contributed by atoms with Gasteiger partial charge in [-0.05, 0) is 73.4 Å². The highest BCUT2D eigenvalue weighted by Gasteiger charge is 2.17. The molecule has 7 nitrogen and oxygen atoms in total. The lowest BCUT2D eigenvalue weighted by molar-refractivity contribution is 0.0532. The van der Waals surface area contributed by atoms with E-state index in [0.717, 1.165) is 40.8 Å². The lowest BCUT2D eigenvalue weighted by Crippen LogP contribution is -2.21. The summed E-state index contributed by atoms with van der Waals surface area (Å²) in [6.45, 7) is 12.4. The van der Waals surface area contributed by atoms with E-state index >= 15 is 0 Å². The van der Waals surface area contributed by atoms with Crippen molar-refractivity contribution in [2.45, 2.75) is 60.5 Å². The molecule has 178 valence electrons. The van der Waals surface area contributed by atoms with Gasteiger partial charge in [-0.25, -0.2) is 0 Å². The first-order valence-electron chi connectivity index (χ1n) is 11.5. The number of aliphatic hydroxyl groups is 2. The van der Waals surface area contributed by atoms with Crippen LogP contribution in [0, 0.1) is 25.7 Å². The Labute approximate surface area is 195 Å². The molecule has 0 aliphatic carbocycles. The number of aryl methyl sites for hydroxylation is 2. The molecule has 7 heteroatoms. The molecule has 0 saturated heterocycles. The summed E-state index contributed by atoms with van der Waals surface area (Å²) in [4.78, 5) is 9.36. The van der Waals surface area contributed by atoms with Gasteiger partial charge in [-0.2, -0.15) is 4.98 Å². The molecule has 0 amide bonds. The van der Waals surface area contributed by atoms with Gasteiger partial charge in [-0.1, -0.05) is 32.9 Å². The van der Waals surface area contributed by atoms with Crippen LogP contribution in [0.15, 0.2) is 28.9 Å². The third kappa shape index (κ3) is 6.39. The Bertz CT molecular complexity index is 1050.